The van der Waals surface area contributed by atoms with E-state index in [1.54, 1.807) is 19.1 Å². The quantitative estimate of drug-likeness (QED) is 0.799. The summed E-state index contributed by atoms with van der Waals surface area (Å²) < 4.78 is 23.5. The topological polar surface area (TPSA) is 115 Å². The van der Waals surface area contributed by atoms with Crippen molar-refractivity contribution in [1.82, 2.24) is 15.5 Å². The Balaban J connectivity index is 1.60. The number of ether oxygens (including phenoxy) is 1. The van der Waals surface area contributed by atoms with Gasteiger partial charge in [0.25, 0.3) is 0 Å². The van der Waals surface area contributed by atoms with E-state index >= 15 is 0 Å². The third-order valence-electron chi connectivity index (χ3n) is 4.26. The number of carbonyl (C=O) groups is 2. The van der Waals surface area contributed by atoms with Crippen LogP contribution >= 0.6 is 0 Å². The molecule has 0 aliphatic carbocycles. The lowest BCUT2D eigenvalue weighted by molar-refractivity contribution is -0.147. The number of rotatable bonds is 6. The first-order valence-electron chi connectivity index (χ1n) is 8.11. The van der Waals surface area contributed by atoms with Crippen molar-refractivity contribution in [2.24, 2.45) is 0 Å². The molecule has 1 unspecified atom stereocenters. The van der Waals surface area contributed by atoms with Gasteiger partial charge in [-0.3, -0.25) is 4.79 Å². The summed E-state index contributed by atoms with van der Waals surface area (Å²) in [7, 11) is 0. The van der Waals surface area contributed by atoms with E-state index < -0.39 is 17.4 Å². The Morgan fingerprint density at radius 1 is 1.42 bits per heavy atom. The summed E-state index contributed by atoms with van der Waals surface area (Å²) in [6.45, 7) is 1.87. The van der Waals surface area contributed by atoms with Crippen molar-refractivity contribution >= 4 is 11.9 Å². The van der Waals surface area contributed by atoms with Crippen molar-refractivity contribution in [2.45, 2.75) is 31.7 Å². The van der Waals surface area contributed by atoms with Crippen molar-refractivity contribution in [2.75, 3.05) is 13.2 Å². The minimum atomic E-state index is -1.37. The molecule has 9 heteroatoms. The fourth-order valence-electron chi connectivity index (χ4n) is 2.69. The number of aromatic nitrogens is 2. The van der Waals surface area contributed by atoms with Crippen molar-refractivity contribution < 1.29 is 28.3 Å². The van der Waals surface area contributed by atoms with Gasteiger partial charge in [-0.05, 0) is 30.7 Å². The van der Waals surface area contributed by atoms with Crippen LogP contribution in [0.4, 0.5) is 4.39 Å². The molecule has 1 aromatic heterocycles. The number of hydrogen-bond donors (Lipinski definition) is 2. The van der Waals surface area contributed by atoms with Crippen LogP contribution in [0.3, 0.4) is 0 Å². The third kappa shape index (κ3) is 3.72. The number of nitrogens with one attached hydrogen (secondary N) is 1. The highest BCUT2D eigenvalue weighted by Gasteiger charge is 2.43. The maximum atomic E-state index is 13.3. The van der Waals surface area contributed by atoms with E-state index in [0.29, 0.717) is 17.0 Å². The van der Waals surface area contributed by atoms with Gasteiger partial charge in [0.1, 0.15) is 5.82 Å². The Morgan fingerprint density at radius 3 is 2.88 bits per heavy atom. The molecule has 1 aliphatic rings. The minimum Gasteiger partial charge on any atom is -0.479 e. The molecule has 0 spiro atoms. The smallest absolute Gasteiger partial charge is 0.331 e. The highest BCUT2D eigenvalue weighted by molar-refractivity contribution is 5.87. The number of carbonyl (C=O) groups excluding carboxylic acids is 1. The summed E-state index contributed by atoms with van der Waals surface area (Å²) in [6, 6.07) is 4.47. The number of halogens is 1. The first kappa shape index (κ1) is 18.0. The van der Waals surface area contributed by atoms with E-state index in [4.69, 9.17) is 9.26 Å². The van der Waals surface area contributed by atoms with Crippen LogP contribution in [-0.4, -0.2) is 45.9 Å². The lowest BCUT2D eigenvalue weighted by Gasteiger charge is -2.23. The van der Waals surface area contributed by atoms with Crippen LogP contribution in [0.1, 0.15) is 24.3 Å². The zero-order valence-corrected chi connectivity index (χ0v) is 14.1. The average Bonchev–Trinajstić information content (AvgIpc) is 3.26. The Bertz CT molecular complexity index is 830. The number of hydrogen-bond acceptors (Lipinski definition) is 6. The second kappa shape index (κ2) is 7.20. The average molecular weight is 363 g/mol. The van der Waals surface area contributed by atoms with Gasteiger partial charge in [-0.15, -0.1) is 0 Å². The van der Waals surface area contributed by atoms with Crippen LogP contribution < -0.4 is 5.32 Å². The predicted molar refractivity (Wildman–Crippen MR) is 86.7 cm³/mol. The zero-order chi connectivity index (χ0) is 18.7. The lowest BCUT2D eigenvalue weighted by atomic mass is 9.98. The maximum Gasteiger partial charge on any atom is 0.331 e. The summed E-state index contributed by atoms with van der Waals surface area (Å²) in [5.74, 6) is -1.33. The van der Waals surface area contributed by atoms with E-state index in [0.717, 1.165) is 0 Å². The van der Waals surface area contributed by atoms with Crippen LogP contribution in [0.25, 0.3) is 11.4 Å². The predicted octanol–water partition coefficient (Wildman–Crippen LogP) is 1.48. The Kier molecular flexibility index (Phi) is 4.99. The number of nitrogens with zero attached hydrogens (tertiary/aromatic N) is 2. The van der Waals surface area contributed by atoms with Gasteiger partial charge in [-0.1, -0.05) is 5.16 Å². The van der Waals surface area contributed by atoms with Crippen molar-refractivity contribution in [1.29, 1.82) is 0 Å². The van der Waals surface area contributed by atoms with Crippen molar-refractivity contribution in [3.05, 3.63) is 35.5 Å². The fourth-order valence-corrected chi connectivity index (χ4v) is 2.69. The molecule has 0 saturated carbocycles. The highest BCUT2D eigenvalue weighted by Crippen LogP contribution is 2.21. The molecule has 1 aromatic carbocycles. The van der Waals surface area contributed by atoms with Crippen molar-refractivity contribution in [3.8, 4) is 11.4 Å². The minimum absolute atomic E-state index is 0.000884. The van der Waals surface area contributed by atoms with E-state index in [1.807, 2.05) is 0 Å². The molecule has 3 rings (SSSR count). The molecule has 138 valence electrons. The van der Waals surface area contributed by atoms with Crippen LogP contribution in [0, 0.1) is 12.7 Å². The molecular weight excluding hydrogens is 345 g/mol. The Hall–Kier alpha value is -2.81. The number of carboxylic acids is 1. The van der Waals surface area contributed by atoms with Crippen LogP contribution in [-0.2, 0) is 20.7 Å². The molecule has 26 heavy (non-hydrogen) atoms. The summed E-state index contributed by atoms with van der Waals surface area (Å²) in [6.07, 6.45) is 0.386. The monoisotopic (exact) mass is 363 g/mol. The molecule has 2 aromatic rings. The molecular formula is C17H18FN3O5. The zero-order valence-electron chi connectivity index (χ0n) is 14.1. The van der Waals surface area contributed by atoms with Gasteiger partial charge in [-0.2, -0.15) is 4.98 Å². The summed E-state index contributed by atoms with van der Waals surface area (Å²) in [5, 5.41) is 15.7. The van der Waals surface area contributed by atoms with E-state index in [2.05, 4.69) is 15.5 Å². The molecule has 2 N–H and O–H groups in total. The molecule has 8 nitrogen and oxygen atoms in total. The molecule has 1 aliphatic heterocycles. The SMILES string of the molecule is Cc1cc(-c2noc(CCC(=O)NC3(C(=O)O)CCOC3)n2)ccc1F. The largest absolute Gasteiger partial charge is 0.479 e. The molecule has 2 heterocycles. The highest BCUT2D eigenvalue weighted by atomic mass is 19.1. The number of aryl methyl sites for hydroxylation is 2. The van der Waals surface area contributed by atoms with Crippen molar-refractivity contribution in [3.63, 3.8) is 0 Å². The molecule has 0 bridgehead atoms. The number of carboxylic acid groups (broad SMARTS) is 1. The standard InChI is InChI=1S/C17H18FN3O5/c1-10-8-11(2-3-12(10)18)15-19-14(26-21-15)5-4-13(22)20-17(16(23)24)6-7-25-9-17/h2-3,8H,4-7,9H2,1H3,(H,20,22)(H,23,24). The molecule has 0 radical (unpaired) electrons. The number of benzene rings is 1. The van der Waals surface area contributed by atoms with Crippen LogP contribution in [0.15, 0.2) is 22.7 Å². The second-order valence-electron chi connectivity index (χ2n) is 6.21. The number of aliphatic carboxylic acids is 1. The number of amides is 1. The van der Waals surface area contributed by atoms with E-state index in [9.17, 15) is 19.1 Å². The third-order valence-corrected chi connectivity index (χ3v) is 4.26. The lowest BCUT2D eigenvalue weighted by Crippen LogP contribution is -2.55. The molecule has 1 fully saturated rings. The summed E-state index contributed by atoms with van der Waals surface area (Å²) in [5.41, 5.74) is -0.301. The molecule has 1 atom stereocenters. The van der Waals surface area contributed by atoms with E-state index in [-0.39, 0.29) is 44.2 Å². The fraction of sp³-hybridized carbons (Fsp3) is 0.412. The first-order chi connectivity index (χ1) is 12.4. The summed E-state index contributed by atoms with van der Waals surface area (Å²) in [4.78, 5) is 27.6. The first-order valence-corrected chi connectivity index (χ1v) is 8.11. The van der Waals surface area contributed by atoms with Crippen LogP contribution in [0.2, 0.25) is 0 Å². The summed E-state index contributed by atoms with van der Waals surface area (Å²) >= 11 is 0. The Labute approximate surface area is 148 Å². The Morgan fingerprint density at radius 2 is 2.23 bits per heavy atom. The maximum absolute atomic E-state index is 13.3. The van der Waals surface area contributed by atoms with E-state index in [1.165, 1.54) is 6.07 Å². The van der Waals surface area contributed by atoms with Gasteiger partial charge in [-0.25, -0.2) is 9.18 Å². The van der Waals surface area contributed by atoms with Gasteiger partial charge < -0.3 is 19.7 Å². The second-order valence-corrected chi connectivity index (χ2v) is 6.21. The molecule has 1 amide bonds. The van der Waals surface area contributed by atoms with Gasteiger partial charge in [0.05, 0.1) is 6.61 Å². The van der Waals surface area contributed by atoms with Crippen LogP contribution in [0.5, 0.6) is 0 Å². The van der Waals surface area contributed by atoms with Gasteiger partial charge in [0, 0.05) is 31.4 Å². The molecule has 1 saturated heterocycles. The van der Waals surface area contributed by atoms with Gasteiger partial charge in [0.15, 0.2) is 5.54 Å². The normalized spacial score (nSPS) is 19.5. The van der Waals surface area contributed by atoms with Gasteiger partial charge in [0.2, 0.25) is 17.6 Å². The van der Waals surface area contributed by atoms with Gasteiger partial charge >= 0.3 is 5.97 Å².